The van der Waals surface area contributed by atoms with Crippen LogP contribution in [-0.2, 0) is 9.59 Å². The van der Waals surface area contributed by atoms with Crippen molar-refractivity contribution in [2.75, 3.05) is 13.1 Å². The fourth-order valence-corrected chi connectivity index (χ4v) is 1.21. The highest BCUT2D eigenvalue weighted by Gasteiger charge is 2.30. The molecule has 0 aromatic rings. The Labute approximate surface area is 82.9 Å². The zero-order valence-electron chi connectivity index (χ0n) is 8.46. The van der Waals surface area contributed by atoms with Crippen LogP contribution in [0.5, 0.6) is 0 Å². The van der Waals surface area contributed by atoms with Crippen LogP contribution in [0.15, 0.2) is 0 Å². The largest absolute Gasteiger partial charge is 0.480 e. The zero-order chi connectivity index (χ0) is 10.8. The molecule has 1 aliphatic heterocycles. The van der Waals surface area contributed by atoms with Crippen molar-refractivity contribution in [1.29, 1.82) is 0 Å². The van der Waals surface area contributed by atoms with Gasteiger partial charge in [-0.3, -0.25) is 4.79 Å². The second kappa shape index (κ2) is 3.96. The lowest BCUT2D eigenvalue weighted by Gasteiger charge is -2.28. The number of hydrogen-bond donors (Lipinski definition) is 3. The van der Waals surface area contributed by atoms with E-state index >= 15 is 0 Å². The number of nitrogens with one attached hydrogen (secondary N) is 2. The molecule has 1 rings (SSSR count). The first kappa shape index (κ1) is 11.0. The summed E-state index contributed by atoms with van der Waals surface area (Å²) in [4.78, 5) is 22.1. The van der Waals surface area contributed by atoms with E-state index in [0.717, 1.165) is 13.1 Å². The Kier molecular flexibility index (Phi) is 3.10. The highest BCUT2D eigenvalue weighted by molar-refractivity contribution is 5.86. The molecule has 80 valence electrons. The van der Waals surface area contributed by atoms with Crippen LogP contribution < -0.4 is 10.6 Å². The number of carbonyl (C=O) groups excluding carboxylic acids is 1. The molecule has 1 amide bonds. The van der Waals surface area contributed by atoms with E-state index in [1.54, 1.807) is 0 Å². The van der Waals surface area contributed by atoms with Crippen LogP contribution in [0, 0.1) is 5.92 Å². The Morgan fingerprint density at radius 1 is 1.50 bits per heavy atom. The highest BCUT2D eigenvalue weighted by Crippen LogP contribution is 2.09. The van der Waals surface area contributed by atoms with E-state index in [1.165, 1.54) is 13.8 Å². The number of carboxylic acid groups (broad SMARTS) is 1. The normalized spacial score (nSPS) is 17.3. The molecule has 5 nitrogen and oxygen atoms in total. The summed E-state index contributed by atoms with van der Waals surface area (Å²) in [7, 11) is 0. The molecule has 14 heavy (non-hydrogen) atoms. The number of carboxylic acids is 1. The lowest BCUT2D eigenvalue weighted by molar-refractivity contribution is -0.146. The summed E-state index contributed by atoms with van der Waals surface area (Å²) in [6, 6.07) is 0. The van der Waals surface area contributed by atoms with Gasteiger partial charge < -0.3 is 15.7 Å². The number of amides is 1. The van der Waals surface area contributed by atoms with Crippen molar-refractivity contribution in [3.05, 3.63) is 0 Å². The molecular weight excluding hydrogens is 184 g/mol. The summed E-state index contributed by atoms with van der Waals surface area (Å²) >= 11 is 0. The molecule has 5 heteroatoms. The van der Waals surface area contributed by atoms with Gasteiger partial charge >= 0.3 is 5.97 Å². The third kappa shape index (κ3) is 2.70. The van der Waals surface area contributed by atoms with Crippen molar-refractivity contribution < 1.29 is 14.7 Å². The molecule has 1 heterocycles. The monoisotopic (exact) mass is 200 g/mol. The third-order valence-electron chi connectivity index (χ3n) is 2.33. The molecule has 0 radical (unpaired) electrons. The van der Waals surface area contributed by atoms with E-state index in [1.807, 2.05) is 0 Å². The smallest absolute Gasteiger partial charge is 0.328 e. The van der Waals surface area contributed by atoms with Gasteiger partial charge in [-0.05, 0) is 32.9 Å². The molecule has 1 saturated heterocycles. The highest BCUT2D eigenvalue weighted by atomic mass is 16.4. The SMILES string of the molecule is CC(C)(NC(=O)CC1CNC1)C(=O)O. The quantitative estimate of drug-likeness (QED) is 0.575. The van der Waals surface area contributed by atoms with Crippen molar-refractivity contribution in [1.82, 2.24) is 10.6 Å². The lowest BCUT2D eigenvalue weighted by Crippen LogP contribution is -2.52. The maximum absolute atomic E-state index is 11.4. The molecule has 0 aliphatic carbocycles. The minimum Gasteiger partial charge on any atom is -0.480 e. The Balaban J connectivity index is 2.35. The van der Waals surface area contributed by atoms with E-state index in [0.29, 0.717) is 12.3 Å². The lowest BCUT2D eigenvalue weighted by atomic mass is 9.98. The second-order valence-corrected chi connectivity index (χ2v) is 4.21. The topological polar surface area (TPSA) is 78.4 Å². The first-order valence-corrected chi connectivity index (χ1v) is 4.67. The fourth-order valence-electron chi connectivity index (χ4n) is 1.21. The minimum atomic E-state index is -1.17. The van der Waals surface area contributed by atoms with Gasteiger partial charge in [0, 0.05) is 6.42 Å². The van der Waals surface area contributed by atoms with Crippen LogP contribution in [0.1, 0.15) is 20.3 Å². The number of aliphatic carboxylic acids is 1. The fraction of sp³-hybridized carbons (Fsp3) is 0.778. The summed E-state index contributed by atoms with van der Waals surface area (Å²) in [5.74, 6) is -0.846. The Morgan fingerprint density at radius 2 is 2.07 bits per heavy atom. The van der Waals surface area contributed by atoms with E-state index in [-0.39, 0.29) is 5.91 Å². The van der Waals surface area contributed by atoms with Crippen molar-refractivity contribution >= 4 is 11.9 Å². The van der Waals surface area contributed by atoms with Gasteiger partial charge in [0.05, 0.1) is 0 Å². The van der Waals surface area contributed by atoms with Gasteiger partial charge in [0.15, 0.2) is 0 Å². The first-order valence-electron chi connectivity index (χ1n) is 4.67. The van der Waals surface area contributed by atoms with Crippen molar-refractivity contribution in [2.24, 2.45) is 5.92 Å². The summed E-state index contributed by atoms with van der Waals surface area (Å²) in [5, 5.41) is 14.3. The predicted octanol–water partition coefficient (Wildman–Crippen LogP) is -0.425. The Morgan fingerprint density at radius 3 is 2.43 bits per heavy atom. The van der Waals surface area contributed by atoms with Gasteiger partial charge in [0.25, 0.3) is 0 Å². The minimum absolute atomic E-state index is 0.191. The molecule has 0 saturated carbocycles. The molecule has 0 aromatic carbocycles. The molecule has 3 N–H and O–H groups in total. The Bertz CT molecular complexity index is 246. The van der Waals surface area contributed by atoms with E-state index in [4.69, 9.17) is 5.11 Å². The molecule has 1 fully saturated rings. The maximum Gasteiger partial charge on any atom is 0.328 e. The van der Waals surface area contributed by atoms with Gasteiger partial charge in [-0.2, -0.15) is 0 Å². The molecule has 0 aromatic heterocycles. The standard InChI is InChI=1S/C9H16N2O3/c1-9(2,8(13)14)11-7(12)3-6-4-10-5-6/h6,10H,3-5H2,1-2H3,(H,11,12)(H,13,14). The van der Waals surface area contributed by atoms with Crippen LogP contribution in [-0.4, -0.2) is 35.6 Å². The number of rotatable bonds is 4. The molecule has 0 unspecified atom stereocenters. The van der Waals surface area contributed by atoms with Gasteiger partial charge in [-0.25, -0.2) is 4.79 Å². The summed E-state index contributed by atoms with van der Waals surface area (Å²) in [6.45, 7) is 4.65. The number of carbonyl (C=O) groups is 2. The number of hydrogen-bond acceptors (Lipinski definition) is 3. The average Bonchev–Trinajstić information content (AvgIpc) is 1.96. The van der Waals surface area contributed by atoms with Gasteiger partial charge in [-0.15, -0.1) is 0 Å². The van der Waals surface area contributed by atoms with E-state index < -0.39 is 11.5 Å². The summed E-state index contributed by atoms with van der Waals surface area (Å²) in [6.07, 6.45) is 0.406. The summed E-state index contributed by atoms with van der Waals surface area (Å²) in [5.41, 5.74) is -1.17. The first-order chi connectivity index (χ1) is 6.42. The molecule has 0 bridgehead atoms. The van der Waals surface area contributed by atoms with Crippen LogP contribution in [0.25, 0.3) is 0 Å². The van der Waals surface area contributed by atoms with Crippen molar-refractivity contribution in [3.8, 4) is 0 Å². The molecule has 1 aliphatic rings. The third-order valence-corrected chi connectivity index (χ3v) is 2.33. The summed E-state index contributed by atoms with van der Waals surface area (Å²) < 4.78 is 0. The van der Waals surface area contributed by atoms with Gasteiger partial charge in [-0.1, -0.05) is 0 Å². The van der Waals surface area contributed by atoms with Crippen LogP contribution in [0.3, 0.4) is 0 Å². The van der Waals surface area contributed by atoms with Crippen LogP contribution >= 0.6 is 0 Å². The van der Waals surface area contributed by atoms with Gasteiger partial charge in [0.1, 0.15) is 5.54 Å². The zero-order valence-corrected chi connectivity index (χ0v) is 8.46. The maximum atomic E-state index is 11.4. The van der Waals surface area contributed by atoms with Crippen LogP contribution in [0.2, 0.25) is 0 Å². The van der Waals surface area contributed by atoms with E-state index in [2.05, 4.69) is 10.6 Å². The van der Waals surface area contributed by atoms with Gasteiger partial charge in [0.2, 0.25) is 5.91 Å². The average molecular weight is 200 g/mol. The molecule has 0 spiro atoms. The Hall–Kier alpha value is -1.10. The second-order valence-electron chi connectivity index (χ2n) is 4.21. The molecular formula is C9H16N2O3. The molecule has 0 atom stereocenters. The van der Waals surface area contributed by atoms with Crippen LogP contribution in [0.4, 0.5) is 0 Å². The van der Waals surface area contributed by atoms with Crippen molar-refractivity contribution in [3.63, 3.8) is 0 Å². The predicted molar refractivity (Wildman–Crippen MR) is 50.8 cm³/mol. The van der Waals surface area contributed by atoms with E-state index in [9.17, 15) is 9.59 Å². The van der Waals surface area contributed by atoms with Crippen molar-refractivity contribution in [2.45, 2.75) is 25.8 Å².